The molecule has 0 aliphatic carbocycles. The number of likely N-dealkylation sites (tertiary alicyclic amines) is 1. The lowest BCUT2D eigenvalue weighted by atomic mass is 10.1. The zero-order valence-corrected chi connectivity index (χ0v) is 20.9. The van der Waals surface area contributed by atoms with E-state index in [1.165, 1.54) is 68.2 Å². The minimum Gasteiger partial charge on any atom is -0.507 e. The lowest BCUT2D eigenvalue weighted by Crippen LogP contribution is -2.23. The highest BCUT2D eigenvalue weighted by Crippen LogP contribution is 2.33. The Morgan fingerprint density at radius 2 is 1.38 bits per heavy atom. The van der Waals surface area contributed by atoms with Gasteiger partial charge >= 0.3 is 5.97 Å². The van der Waals surface area contributed by atoms with Gasteiger partial charge in [-0.25, -0.2) is 14.5 Å². The first-order valence-electron chi connectivity index (χ1n) is 12.6. The summed E-state index contributed by atoms with van der Waals surface area (Å²) in [6.07, 6.45) is 5.76. The van der Waals surface area contributed by atoms with Gasteiger partial charge in [0.2, 0.25) is 0 Å². The molecule has 4 aromatic rings. The first-order chi connectivity index (χ1) is 18.0. The Balaban J connectivity index is 0.000000301. The normalized spacial score (nSPS) is 13.9. The number of para-hydroxylation sites is 2. The first kappa shape index (κ1) is 25.9. The molecule has 1 saturated heterocycles. The molecule has 0 bridgehead atoms. The van der Waals surface area contributed by atoms with Crippen molar-refractivity contribution in [1.29, 1.82) is 0 Å². The molecule has 1 aliphatic rings. The van der Waals surface area contributed by atoms with Crippen LogP contribution in [0.5, 0.6) is 11.5 Å². The smallest absolute Gasteiger partial charge is 0.335 e. The van der Waals surface area contributed by atoms with Gasteiger partial charge < -0.3 is 20.2 Å². The highest BCUT2D eigenvalue weighted by atomic mass is 16.4. The van der Waals surface area contributed by atoms with Crippen LogP contribution < -0.4 is 0 Å². The molecule has 5 rings (SSSR count). The number of rotatable bonds is 5. The maximum atomic E-state index is 11.1. The van der Waals surface area contributed by atoms with E-state index in [0.29, 0.717) is 22.6 Å². The number of phenolic OH excluding ortho intramolecular Hbond substituents is 2. The van der Waals surface area contributed by atoms with Crippen LogP contribution in [-0.4, -0.2) is 60.6 Å². The number of carboxylic acids is 1. The third kappa shape index (κ3) is 6.34. The number of carboxylic acid groups (broad SMARTS) is 1. The number of aromatic carboxylic acids is 1. The molecule has 3 aromatic carbocycles. The van der Waals surface area contributed by atoms with E-state index in [9.17, 15) is 15.0 Å². The van der Waals surface area contributed by atoms with Crippen LogP contribution in [0, 0.1) is 0 Å². The molecule has 192 valence electrons. The number of phenols is 2. The van der Waals surface area contributed by atoms with Gasteiger partial charge in [0.15, 0.2) is 11.6 Å². The van der Waals surface area contributed by atoms with E-state index in [0.717, 1.165) is 0 Å². The molecule has 0 atom stereocenters. The van der Waals surface area contributed by atoms with Crippen LogP contribution in [0.25, 0.3) is 28.5 Å². The van der Waals surface area contributed by atoms with E-state index in [-0.39, 0.29) is 22.9 Å². The molecule has 0 unspecified atom stereocenters. The number of aromatic hydroxyl groups is 2. The van der Waals surface area contributed by atoms with Crippen molar-refractivity contribution in [3.63, 3.8) is 0 Å². The van der Waals surface area contributed by atoms with Crippen LogP contribution in [0.3, 0.4) is 0 Å². The molecule has 1 aliphatic heterocycles. The van der Waals surface area contributed by atoms with E-state index < -0.39 is 5.97 Å². The summed E-state index contributed by atoms with van der Waals surface area (Å²) in [5.41, 5.74) is 1.62. The Morgan fingerprint density at radius 3 is 1.92 bits per heavy atom. The Labute approximate surface area is 216 Å². The van der Waals surface area contributed by atoms with Gasteiger partial charge in [-0.05, 0) is 81.0 Å². The molecular weight excluding hydrogens is 468 g/mol. The molecule has 8 heteroatoms. The largest absolute Gasteiger partial charge is 0.507 e. The molecular formula is C29H32N4O4. The van der Waals surface area contributed by atoms with Gasteiger partial charge in [-0.15, -0.1) is 5.10 Å². The molecule has 2 heterocycles. The number of aromatic nitrogens is 3. The van der Waals surface area contributed by atoms with Gasteiger partial charge in [0.1, 0.15) is 11.5 Å². The van der Waals surface area contributed by atoms with E-state index in [1.54, 1.807) is 54.6 Å². The highest BCUT2D eigenvalue weighted by Gasteiger charge is 2.19. The summed E-state index contributed by atoms with van der Waals surface area (Å²) in [5, 5.41) is 34.0. The molecule has 8 nitrogen and oxygen atoms in total. The van der Waals surface area contributed by atoms with Gasteiger partial charge in [0.25, 0.3) is 0 Å². The molecule has 3 N–H and O–H groups in total. The number of hydrogen-bond acceptors (Lipinski definition) is 6. The highest BCUT2D eigenvalue weighted by molar-refractivity contribution is 5.87. The van der Waals surface area contributed by atoms with Crippen LogP contribution in [0.15, 0.2) is 72.8 Å². The minimum atomic E-state index is -1.03. The Morgan fingerprint density at radius 1 is 0.811 bits per heavy atom. The fraction of sp³-hybridized carbons (Fsp3) is 0.276. The summed E-state index contributed by atoms with van der Waals surface area (Å²) in [6, 6.07) is 19.5. The third-order valence-corrected chi connectivity index (χ3v) is 6.40. The van der Waals surface area contributed by atoms with Crippen molar-refractivity contribution in [1.82, 2.24) is 19.7 Å². The molecule has 37 heavy (non-hydrogen) atoms. The first-order valence-corrected chi connectivity index (χ1v) is 12.6. The fourth-order valence-electron chi connectivity index (χ4n) is 4.30. The number of hydrogen-bond donors (Lipinski definition) is 3. The summed E-state index contributed by atoms with van der Waals surface area (Å²) in [7, 11) is 0. The number of carbonyl (C=O) groups is 1. The minimum absolute atomic E-state index is 0.0298. The molecule has 0 radical (unpaired) electrons. The topological polar surface area (TPSA) is 112 Å². The summed E-state index contributed by atoms with van der Waals surface area (Å²) in [5.74, 6) is -0.328. The van der Waals surface area contributed by atoms with Crippen molar-refractivity contribution >= 4 is 5.97 Å². The lowest BCUT2D eigenvalue weighted by molar-refractivity contribution is 0.0697. The molecule has 1 aromatic heterocycles. The number of nitrogens with zero attached hydrogens (tertiary/aromatic N) is 4. The van der Waals surface area contributed by atoms with E-state index in [2.05, 4.69) is 21.9 Å². The van der Waals surface area contributed by atoms with Crippen LogP contribution in [0.1, 0.15) is 43.0 Å². The standard InChI is InChI=1S/C21H15N3O4.C8H17N/c25-17-7-3-1-5-15(17)19-22-20(16-6-2-4-8-18(16)26)24(23-19)14-11-9-13(10-12-14)21(27)28;1-2-9-7-5-3-4-6-8-9/h1-12,25-26H,(H,27,28);2-8H2,1H3. The van der Waals surface area contributed by atoms with Crippen molar-refractivity contribution in [2.75, 3.05) is 19.6 Å². The third-order valence-electron chi connectivity index (χ3n) is 6.40. The average Bonchev–Trinajstić information content (AvgIpc) is 3.17. The molecule has 0 spiro atoms. The monoisotopic (exact) mass is 500 g/mol. The Kier molecular flexibility index (Phi) is 8.53. The molecule has 1 fully saturated rings. The summed E-state index contributed by atoms with van der Waals surface area (Å²) in [4.78, 5) is 18.2. The maximum Gasteiger partial charge on any atom is 0.335 e. The lowest BCUT2D eigenvalue weighted by Gasteiger charge is -2.15. The molecule has 0 amide bonds. The van der Waals surface area contributed by atoms with Gasteiger partial charge in [0, 0.05) is 0 Å². The predicted molar refractivity (Wildman–Crippen MR) is 143 cm³/mol. The van der Waals surface area contributed by atoms with Crippen LogP contribution >= 0.6 is 0 Å². The summed E-state index contributed by atoms with van der Waals surface area (Å²) >= 11 is 0. The summed E-state index contributed by atoms with van der Waals surface area (Å²) < 4.78 is 1.50. The predicted octanol–water partition coefficient (Wildman–Crippen LogP) is 5.59. The van der Waals surface area contributed by atoms with Gasteiger partial charge in [-0.2, -0.15) is 0 Å². The zero-order valence-electron chi connectivity index (χ0n) is 20.9. The maximum absolute atomic E-state index is 11.1. The van der Waals surface area contributed by atoms with Gasteiger partial charge in [0.05, 0.1) is 22.4 Å². The van der Waals surface area contributed by atoms with Crippen molar-refractivity contribution in [3.05, 3.63) is 78.4 Å². The second-order valence-electron chi connectivity index (χ2n) is 8.91. The van der Waals surface area contributed by atoms with Crippen LogP contribution in [0.2, 0.25) is 0 Å². The van der Waals surface area contributed by atoms with Crippen molar-refractivity contribution < 1.29 is 20.1 Å². The second kappa shape index (κ2) is 12.2. The quantitative estimate of drug-likeness (QED) is 0.327. The van der Waals surface area contributed by atoms with Gasteiger partial charge in [-0.1, -0.05) is 44.0 Å². The summed E-state index contributed by atoms with van der Waals surface area (Å²) in [6.45, 7) is 6.19. The van der Waals surface area contributed by atoms with E-state index in [1.807, 2.05) is 0 Å². The van der Waals surface area contributed by atoms with Crippen LogP contribution in [0.4, 0.5) is 0 Å². The zero-order chi connectivity index (χ0) is 26.2. The average molecular weight is 501 g/mol. The van der Waals surface area contributed by atoms with Crippen molar-refractivity contribution in [2.24, 2.45) is 0 Å². The van der Waals surface area contributed by atoms with E-state index >= 15 is 0 Å². The van der Waals surface area contributed by atoms with E-state index in [4.69, 9.17) is 5.11 Å². The van der Waals surface area contributed by atoms with Gasteiger partial charge in [-0.3, -0.25) is 0 Å². The van der Waals surface area contributed by atoms with Crippen molar-refractivity contribution in [3.8, 4) is 40.0 Å². The Hall–Kier alpha value is -4.17. The second-order valence-corrected chi connectivity index (χ2v) is 8.91. The van der Waals surface area contributed by atoms with Crippen molar-refractivity contribution in [2.45, 2.75) is 32.6 Å². The SMILES string of the molecule is CCN1CCCCCC1.O=C(O)c1ccc(-n2nc(-c3ccccc3O)nc2-c2ccccc2O)cc1. The Bertz CT molecular complexity index is 1330. The van der Waals surface area contributed by atoms with Crippen LogP contribution in [-0.2, 0) is 0 Å². The fourth-order valence-corrected chi connectivity index (χ4v) is 4.30. The molecule has 0 saturated carbocycles. The number of benzene rings is 3.